The summed E-state index contributed by atoms with van der Waals surface area (Å²) in [7, 11) is 1.72. The van der Waals surface area contributed by atoms with Gasteiger partial charge in [-0.25, -0.2) is 10.3 Å². The molecule has 0 fully saturated rings. The number of aliphatic carboxylic acids is 1. The average Bonchev–Trinajstić information content (AvgIpc) is 2.19. The lowest BCUT2D eigenvalue weighted by atomic mass is 10.2. The van der Waals surface area contributed by atoms with Crippen LogP contribution in [0, 0.1) is 5.92 Å². The van der Waals surface area contributed by atoms with E-state index in [0.29, 0.717) is 12.3 Å². The fourth-order valence-electron chi connectivity index (χ4n) is 0.752. The van der Waals surface area contributed by atoms with Gasteiger partial charge in [-0.05, 0) is 12.3 Å². The smallest absolute Gasteiger partial charge is 0.335 e. The van der Waals surface area contributed by atoms with Crippen LogP contribution >= 0.6 is 0 Å². The van der Waals surface area contributed by atoms with Crippen LogP contribution in [0.1, 0.15) is 27.2 Å². The molecule has 0 aromatic rings. The molecule has 0 saturated heterocycles. The van der Waals surface area contributed by atoms with Crippen LogP contribution in [0.5, 0.6) is 0 Å². The molecule has 6 heteroatoms. The first-order valence-electron chi connectivity index (χ1n) is 5.06. The molecule has 0 saturated carbocycles. The maximum atomic E-state index is 10.2. The summed E-state index contributed by atoms with van der Waals surface area (Å²) in [5.41, 5.74) is 1.82. The summed E-state index contributed by atoms with van der Waals surface area (Å²) in [4.78, 5) is 24.2. The monoisotopic (exact) mass is 235 g/mol. The van der Waals surface area contributed by atoms with Crippen LogP contribution in [0.2, 0.25) is 0 Å². The molecule has 96 valence electrons. The molecule has 0 aliphatic heterocycles. The number of ether oxygens (including phenoxy) is 1. The molecule has 6 nitrogen and oxygen atoms in total. The SMILES string of the molecule is CCC(ONC=O)C(=O)O.COCC(C)C. The first-order chi connectivity index (χ1) is 7.49. The number of carbonyl (C=O) groups is 2. The summed E-state index contributed by atoms with van der Waals surface area (Å²) in [6.45, 7) is 6.78. The molecule has 1 amide bonds. The summed E-state index contributed by atoms with van der Waals surface area (Å²) in [6.07, 6.45) is -0.355. The average molecular weight is 235 g/mol. The maximum absolute atomic E-state index is 10.2. The van der Waals surface area contributed by atoms with Crippen LogP contribution in [0.25, 0.3) is 0 Å². The van der Waals surface area contributed by atoms with E-state index in [1.165, 1.54) is 0 Å². The highest BCUT2D eigenvalue weighted by Crippen LogP contribution is 1.93. The van der Waals surface area contributed by atoms with Gasteiger partial charge in [-0.1, -0.05) is 20.8 Å². The minimum atomic E-state index is -1.09. The Balaban J connectivity index is 0. The van der Waals surface area contributed by atoms with Gasteiger partial charge in [0.1, 0.15) is 0 Å². The standard InChI is InChI=1S/C5H9NO4.C5H12O/c1-2-4(5(8)9)10-6-3-7;1-5(2)4-6-3/h3-4H,2H2,1H3,(H,6,7)(H,8,9);5H,4H2,1-3H3. The number of carboxylic acid groups (broad SMARTS) is 1. The topological polar surface area (TPSA) is 84.9 Å². The lowest BCUT2D eigenvalue weighted by molar-refractivity contribution is -0.157. The van der Waals surface area contributed by atoms with Crippen molar-refractivity contribution in [3.63, 3.8) is 0 Å². The van der Waals surface area contributed by atoms with Gasteiger partial charge in [-0.3, -0.25) is 9.63 Å². The van der Waals surface area contributed by atoms with E-state index < -0.39 is 12.1 Å². The number of hydroxylamine groups is 1. The van der Waals surface area contributed by atoms with E-state index in [0.717, 1.165) is 6.61 Å². The highest BCUT2D eigenvalue weighted by molar-refractivity contribution is 5.72. The van der Waals surface area contributed by atoms with Crippen molar-refractivity contribution in [1.82, 2.24) is 5.48 Å². The van der Waals surface area contributed by atoms with Crippen LogP contribution in [-0.4, -0.2) is 37.3 Å². The Morgan fingerprint density at radius 1 is 1.50 bits per heavy atom. The van der Waals surface area contributed by atoms with Gasteiger partial charge >= 0.3 is 5.97 Å². The van der Waals surface area contributed by atoms with Crippen molar-refractivity contribution in [2.24, 2.45) is 5.92 Å². The van der Waals surface area contributed by atoms with E-state index in [4.69, 9.17) is 9.84 Å². The zero-order valence-electron chi connectivity index (χ0n) is 10.2. The summed E-state index contributed by atoms with van der Waals surface area (Å²) in [5.74, 6) is -0.410. The van der Waals surface area contributed by atoms with Gasteiger partial charge in [0.15, 0.2) is 6.10 Å². The number of nitrogens with one attached hydrogen (secondary N) is 1. The molecule has 0 heterocycles. The molecule has 0 radical (unpaired) electrons. The summed E-state index contributed by atoms with van der Waals surface area (Å²) < 4.78 is 4.80. The number of hydrogen-bond acceptors (Lipinski definition) is 4. The number of methoxy groups -OCH3 is 1. The zero-order valence-corrected chi connectivity index (χ0v) is 10.2. The molecule has 2 N–H and O–H groups in total. The largest absolute Gasteiger partial charge is 0.479 e. The number of hydrogen-bond donors (Lipinski definition) is 2. The lowest BCUT2D eigenvalue weighted by Gasteiger charge is -2.07. The van der Waals surface area contributed by atoms with Crippen LogP contribution in [-0.2, 0) is 19.2 Å². The second-order valence-electron chi connectivity index (χ2n) is 3.44. The van der Waals surface area contributed by atoms with Crippen LogP contribution < -0.4 is 5.48 Å². The molecule has 0 bridgehead atoms. The molecule has 1 atom stereocenters. The van der Waals surface area contributed by atoms with Crippen LogP contribution in [0.15, 0.2) is 0 Å². The predicted octanol–water partition coefficient (Wildman–Crippen LogP) is 0.816. The minimum absolute atomic E-state index is 0.283. The van der Waals surface area contributed by atoms with Crippen LogP contribution in [0.4, 0.5) is 0 Å². The number of rotatable bonds is 7. The van der Waals surface area contributed by atoms with Crippen molar-refractivity contribution in [3.8, 4) is 0 Å². The summed E-state index contributed by atoms with van der Waals surface area (Å²) in [6, 6.07) is 0. The van der Waals surface area contributed by atoms with Gasteiger partial charge < -0.3 is 9.84 Å². The van der Waals surface area contributed by atoms with Gasteiger partial charge in [0.25, 0.3) is 0 Å². The molecular formula is C10H21NO5. The second-order valence-corrected chi connectivity index (χ2v) is 3.44. The molecule has 16 heavy (non-hydrogen) atoms. The first-order valence-corrected chi connectivity index (χ1v) is 5.06. The second kappa shape index (κ2) is 11.9. The van der Waals surface area contributed by atoms with Crippen molar-refractivity contribution >= 4 is 12.4 Å². The number of carbonyl (C=O) groups excluding carboxylic acids is 1. The third-order valence-corrected chi connectivity index (χ3v) is 1.40. The highest BCUT2D eigenvalue weighted by Gasteiger charge is 2.14. The summed E-state index contributed by atoms with van der Waals surface area (Å²) >= 11 is 0. The van der Waals surface area contributed by atoms with Gasteiger partial charge in [0.2, 0.25) is 6.41 Å². The van der Waals surface area contributed by atoms with Crippen molar-refractivity contribution in [3.05, 3.63) is 0 Å². The van der Waals surface area contributed by atoms with Crippen molar-refractivity contribution in [1.29, 1.82) is 0 Å². The Morgan fingerprint density at radius 2 is 2.06 bits per heavy atom. The normalized spacial score (nSPS) is 11.3. The lowest BCUT2D eigenvalue weighted by Crippen LogP contribution is -2.29. The fraction of sp³-hybridized carbons (Fsp3) is 0.800. The molecule has 0 aliphatic rings. The molecule has 0 aliphatic carbocycles. The molecule has 0 rings (SSSR count). The Morgan fingerprint density at radius 3 is 2.25 bits per heavy atom. The fourth-order valence-corrected chi connectivity index (χ4v) is 0.752. The maximum Gasteiger partial charge on any atom is 0.335 e. The number of carboxylic acids is 1. The highest BCUT2D eigenvalue weighted by atomic mass is 16.7. The molecule has 0 aromatic carbocycles. The minimum Gasteiger partial charge on any atom is -0.479 e. The quantitative estimate of drug-likeness (QED) is 0.504. The molecule has 1 unspecified atom stereocenters. The first kappa shape index (κ1) is 17.3. The van der Waals surface area contributed by atoms with E-state index in [9.17, 15) is 9.59 Å². The Kier molecular flexibility index (Phi) is 12.9. The number of amides is 1. The Bertz CT molecular complexity index is 184. The van der Waals surface area contributed by atoms with Crippen molar-refractivity contribution in [2.75, 3.05) is 13.7 Å². The van der Waals surface area contributed by atoms with E-state index in [-0.39, 0.29) is 6.41 Å². The molecular weight excluding hydrogens is 214 g/mol. The van der Waals surface area contributed by atoms with Gasteiger partial charge in [0.05, 0.1) is 0 Å². The predicted molar refractivity (Wildman–Crippen MR) is 58.7 cm³/mol. The molecule has 0 spiro atoms. The van der Waals surface area contributed by atoms with E-state index >= 15 is 0 Å². The zero-order chi connectivity index (χ0) is 13.0. The summed E-state index contributed by atoms with van der Waals surface area (Å²) in [5, 5.41) is 8.32. The van der Waals surface area contributed by atoms with E-state index in [1.807, 2.05) is 5.48 Å². The van der Waals surface area contributed by atoms with Crippen molar-refractivity contribution < 1.29 is 24.3 Å². The molecule has 0 aromatic heterocycles. The Labute approximate surface area is 95.9 Å². The van der Waals surface area contributed by atoms with E-state index in [2.05, 4.69) is 18.7 Å². The third kappa shape index (κ3) is 12.9. The van der Waals surface area contributed by atoms with Crippen LogP contribution in [0.3, 0.4) is 0 Å². The Hall–Kier alpha value is -1.14. The third-order valence-electron chi connectivity index (χ3n) is 1.40. The van der Waals surface area contributed by atoms with E-state index in [1.54, 1.807) is 14.0 Å². The van der Waals surface area contributed by atoms with Gasteiger partial charge in [-0.2, -0.15) is 0 Å². The van der Waals surface area contributed by atoms with Crippen molar-refractivity contribution in [2.45, 2.75) is 33.3 Å². The van der Waals surface area contributed by atoms with Gasteiger partial charge in [-0.15, -0.1) is 0 Å². The van der Waals surface area contributed by atoms with Gasteiger partial charge in [0, 0.05) is 13.7 Å².